The Balaban J connectivity index is 1.71. The number of anilines is 1. The van der Waals surface area contributed by atoms with Gasteiger partial charge in [-0.25, -0.2) is 4.98 Å². The minimum absolute atomic E-state index is 0.0483. The van der Waals surface area contributed by atoms with Crippen molar-refractivity contribution in [3.8, 4) is 0 Å². The van der Waals surface area contributed by atoms with Gasteiger partial charge in [0.05, 0.1) is 0 Å². The maximum absolute atomic E-state index is 5.86. The Morgan fingerprint density at radius 1 is 1.20 bits per heavy atom. The normalized spacial score (nSPS) is 20.1. The molecule has 104 valence electrons. The predicted molar refractivity (Wildman–Crippen MR) is 82.9 cm³/mol. The first kappa shape index (κ1) is 13.1. The molecule has 20 heavy (non-hydrogen) atoms. The van der Waals surface area contributed by atoms with Crippen LogP contribution in [0, 0.1) is 0 Å². The molecule has 3 heteroatoms. The summed E-state index contributed by atoms with van der Waals surface area (Å²) in [5, 5.41) is 0. The summed E-state index contributed by atoms with van der Waals surface area (Å²) in [4.78, 5) is 6.92. The lowest BCUT2D eigenvalue weighted by Crippen LogP contribution is -2.20. The van der Waals surface area contributed by atoms with Crippen molar-refractivity contribution in [1.29, 1.82) is 0 Å². The van der Waals surface area contributed by atoms with Gasteiger partial charge in [-0.1, -0.05) is 36.4 Å². The van der Waals surface area contributed by atoms with Crippen molar-refractivity contribution in [2.75, 3.05) is 18.0 Å². The largest absolute Gasteiger partial charge is 0.356 e. The van der Waals surface area contributed by atoms with Crippen LogP contribution in [0.25, 0.3) is 0 Å². The highest BCUT2D eigenvalue weighted by Crippen LogP contribution is 2.29. The summed E-state index contributed by atoms with van der Waals surface area (Å²) in [5.41, 5.74) is 8.38. The van der Waals surface area contributed by atoms with Crippen LogP contribution in [0.3, 0.4) is 0 Å². The van der Waals surface area contributed by atoms with E-state index in [2.05, 4.69) is 52.3 Å². The Kier molecular flexibility index (Phi) is 3.70. The molecule has 3 nitrogen and oxygen atoms in total. The van der Waals surface area contributed by atoms with E-state index in [9.17, 15) is 0 Å². The molecule has 2 N–H and O–H groups in total. The predicted octanol–water partition coefficient (Wildman–Crippen LogP) is 3.10. The minimum atomic E-state index is 0.0483. The zero-order chi connectivity index (χ0) is 13.9. The van der Waals surface area contributed by atoms with Crippen LogP contribution in [0.5, 0.6) is 0 Å². The lowest BCUT2D eigenvalue weighted by molar-refractivity contribution is 0.773. The molecule has 1 fully saturated rings. The van der Waals surface area contributed by atoms with Gasteiger partial charge in [0.2, 0.25) is 0 Å². The van der Waals surface area contributed by atoms with Crippen molar-refractivity contribution in [1.82, 2.24) is 4.98 Å². The number of rotatable bonds is 3. The molecule has 0 spiro atoms. The van der Waals surface area contributed by atoms with E-state index in [1.54, 1.807) is 0 Å². The first-order valence-corrected chi connectivity index (χ1v) is 7.25. The first-order chi connectivity index (χ1) is 9.74. The molecule has 2 atom stereocenters. The van der Waals surface area contributed by atoms with Crippen LogP contribution in [0.15, 0.2) is 48.7 Å². The van der Waals surface area contributed by atoms with E-state index < -0.39 is 0 Å². The van der Waals surface area contributed by atoms with E-state index >= 15 is 0 Å². The Morgan fingerprint density at radius 3 is 2.65 bits per heavy atom. The van der Waals surface area contributed by atoms with Crippen molar-refractivity contribution in [2.24, 2.45) is 5.73 Å². The van der Waals surface area contributed by atoms with E-state index in [-0.39, 0.29) is 6.04 Å². The van der Waals surface area contributed by atoms with Crippen LogP contribution < -0.4 is 10.6 Å². The number of aromatic nitrogens is 1. The van der Waals surface area contributed by atoms with Crippen molar-refractivity contribution >= 4 is 5.82 Å². The standard InChI is InChI=1S/C17H21N3/c1-13(18)15-7-8-17(19-11-15)20-10-9-16(12-20)14-5-3-2-4-6-14/h2-8,11,13,16H,9-10,12,18H2,1H3/t13-,16?/m0/s1. The number of pyridine rings is 1. The zero-order valence-corrected chi connectivity index (χ0v) is 11.9. The Labute approximate surface area is 120 Å². The van der Waals surface area contributed by atoms with Gasteiger partial charge in [0.15, 0.2) is 0 Å². The summed E-state index contributed by atoms with van der Waals surface area (Å²) in [7, 11) is 0. The second-order valence-corrected chi connectivity index (χ2v) is 5.58. The number of nitrogens with zero attached hydrogens (tertiary/aromatic N) is 2. The topological polar surface area (TPSA) is 42.1 Å². The molecule has 2 heterocycles. The molecule has 1 aliphatic rings. The maximum Gasteiger partial charge on any atom is 0.128 e. The molecule has 3 rings (SSSR count). The van der Waals surface area contributed by atoms with Crippen molar-refractivity contribution in [3.05, 3.63) is 59.8 Å². The smallest absolute Gasteiger partial charge is 0.128 e. The van der Waals surface area contributed by atoms with Crippen LogP contribution >= 0.6 is 0 Å². The number of hydrogen-bond donors (Lipinski definition) is 1. The molecular formula is C17H21N3. The van der Waals surface area contributed by atoms with Gasteiger partial charge >= 0.3 is 0 Å². The molecule has 1 unspecified atom stereocenters. The molecule has 0 bridgehead atoms. The second-order valence-electron chi connectivity index (χ2n) is 5.58. The monoisotopic (exact) mass is 267 g/mol. The summed E-state index contributed by atoms with van der Waals surface area (Å²) in [6, 6.07) is 15.0. The molecule has 0 amide bonds. The van der Waals surface area contributed by atoms with E-state index in [1.165, 1.54) is 12.0 Å². The number of hydrogen-bond acceptors (Lipinski definition) is 3. The molecule has 0 saturated carbocycles. The molecular weight excluding hydrogens is 246 g/mol. The highest BCUT2D eigenvalue weighted by Gasteiger charge is 2.24. The van der Waals surface area contributed by atoms with Gasteiger partial charge in [-0.05, 0) is 30.5 Å². The third-order valence-corrected chi connectivity index (χ3v) is 4.08. The fourth-order valence-corrected chi connectivity index (χ4v) is 2.82. The second kappa shape index (κ2) is 5.63. The Hall–Kier alpha value is -1.87. The van der Waals surface area contributed by atoms with E-state index in [4.69, 9.17) is 5.73 Å². The van der Waals surface area contributed by atoms with Gasteiger partial charge in [0.1, 0.15) is 5.82 Å². The number of nitrogens with two attached hydrogens (primary N) is 1. The third-order valence-electron chi connectivity index (χ3n) is 4.08. The fourth-order valence-electron chi connectivity index (χ4n) is 2.82. The summed E-state index contributed by atoms with van der Waals surface area (Å²) >= 11 is 0. The average Bonchev–Trinajstić information content (AvgIpc) is 2.98. The Bertz CT molecular complexity index is 548. The summed E-state index contributed by atoms with van der Waals surface area (Å²) in [6.07, 6.45) is 3.09. The van der Waals surface area contributed by atoms with Gasteiger partial charge < -0.3 is 10.6 Å². The molecule has 1 saturated heterocycles. The zero-order valence-electron chi connectivity index (χ0n) is 11.9. The molecule has 2 aromatic rings. The minimum Gasteiger partial charge on any atom is -0.356 e. The van der Waals surface area contributed by atoms with Crippen LogP contribution in [0.2, 0.25) is 0 Å². The SMILES string of the molecule is C[C@H](N)c1ccc(N2CCC(c3ccccc3)C2)nc1. The Morgan fingerprint density at radius 2 is 2.00 bits per heavy atom. The lowest BCUT2D eigenvalue weighted by atomic mass is 9.99. The molecule has 1 aromatic heterocycles. The fraction of sp³-hybridized carbons (Fsp3) is 0.353. The molecule has 1 aliphatic heterocycles. The summed E-state index contributed by atoms with van der Waals surface area (Å²) < 4.78 is 0. The summed E-state index contributed by atoms with van der Waals surface area (Å²) in [5.74, 6) is 1.68. The molecule has 0 aliphatic carbocycles. The molecule has 0 radical (unpaired) electrons. The van der Waals surface area contributed by atoms with Gasteiger partial charge in [0.25, 0.3) is 0 Å². The third kappa shape index (κ3) is 2.68. The van der Waals surface area contributed by atoms with Crippen molar-refractivity contribution in [2.45, 2.75) is 25.3 Å². The van der Waals surface area contributed by atoms with Crippen LogP contribution in [0.1, 0.15) is 36.4 Å². The summed E-state index contributed by atoms with van der Waals surface area (Å²) in [6.45, 7) is 4.11. The van der Waals surface area contributed by atoms with Crippen molar-refractivity contribution in [3.63, 3.8) is 0 Å². The van der Waals surface area contributed by atoms with Gasteiger partial charge in [-0.3, -0.25) is 0 Å². The molecule has 1 aromatic carbocycles. The maximum atomic E-state index is 5.86. The van der Waals surface area contributed by atoms with Gasteiger partial charge in [-0.15, -0.1) is 0 Å². The van der Waals surface area contributed by atoms with Crippen molar-refractivity contribution < 1.29 is 0 Å². The van der Waals surface area contributed by atoms with Crippen LogP contribution in [-0.2, 0) is 0 Å². The van der Waals surface area contributed by atoms with E-state index in [0.29, 0.717) is 5.92 Å². The quantitative estimate of drug-likeness (QED) is 0.929. The average molecular weight is 267 g/mol. The highest BCUT2D eigenvalue weighted by atomic mass is 15.2. The highest BCUT2D eigenvalue weighted by molar-refractivity contribution is 5.42. The van der Waals surface area contributed by atoms with E-state index in [1.807, 2.05) is 13.1 Å². The van der Waals surface area contributed by atoms with Crippen LogP contribution in [-0.4, -0.2) is 18.1 Å². The first-order valence-electron chi connectivity index (χ1n) is 7.25. The van der Waals surface area contributed by atoms with Crippen LogP contribution in [0.4, 0.5) is 5.82 Å². The van der Waals surface area contributed by atoms with E-state index in [0.717, 1.165) is 24.5 Å². The van der Waals surface area contributed by atoms with Gasteiger partial charge in [0, 0.05) is 31.2 Å². The number of benzene rings is 1. The van der Waals surface area contributed by atoms with Gasteiger partial charge in [-0.2, -0.15) is 0 Å². The lowest BCUT2D eigenvalue weighted by Gasteiger charge is -2.18.